The van der Waals surface area contributed by atoms with Crippen molar-refractivity contribution in [3.05, 3.63) is 24.3 Å². The largest absolute Gasteiger partial charge is 0.493 e. The predicted octanol–water partition coefficient (Wildman–Crippen LogP) is 0.356. The molecule has 0 aromatic heterocycles. The average molecular weight is 323 g/mol. The van der Waals surface area contributed by atoms with Gasteiger partial charge in [0.2, 0.25) is 5.91 Å². The fraction of sp³-hybridized carbons (Fsp3) is 0.417. The summed E-state index contributed by atoms with van der Waals surface area (Å²) in [6, 6.07) is 6.07. The highest BCUT2D eigenvalue weighted by molar-refractivity contribution is 7.90. The molecule has 0 saturated heterocycles. The maximum atomic E-state index is 11.3. The molecule has 114 valence electrons. The molecule has 1 rings (SSSR count). The molecule has 0 bridgehead atoms. The van der Waals surface area contributed by atoms with E-state index in [1.54, 1.807) is 12.1 Å². The number of hydrogen-bond acceptors (Lipinski definition) is 5. The summed E-state index contributed by atoms with van der Waals surface area (Å²) >= 11 is 0. The van der Waals surface area contributed by atoms with Crippen LogP contribution in [-0.4, -0.2) is 40.3 Å². The molecule has 1 aromatic rings. The summed E-state index contributed by atoms with van der Waals surface area (Å²) < 4.78 is 27.8. The first-order valence-electron chi connectivity index (χ1n) is 5.83. The molecule has 0 spiro atoms. The molecule has 0 saturated carbocycles. The minimum Gasteiger partial charge on any atom is -0.493 e. The minimum atomic E-state index is -3.20. The standard InChI is InChI=1S/C12H18N2O4S.ClH/c1-19(16,17)11-4-2-10(3-5-11)18-9-6-12(15)14-8-7-13;/h2-5H,6-9,13H2,1H3,(H,14,15);1H. The third kappa shape index (κ3) is 6.74. The highest BCUT2D eigenvalue weighted by Crippen LogP contribution is 2.15. The maximum Gasteiger partial charge on any atom is 0.223 e. The Balaban J connectivity index is 0.00000361. The normalized spacial score (nSPS) is 10.5. The Morgan fingerprint density at radius 2 is 1.90 bits per heavy atom. The number of nitrogens with two attached hydrogens (primary N) is 1. The van der Waals surface area contributed by atoms with E-state index in [9.17, 15) is 13.2 Å². The zero-order valence-corrected chi connectivity index (χ0v) is 12.8. The van der Waals surface area contributed by atoms with Gasteiger partial charge in [0, 0.05) is 19.3 Å². The number of hydrogen-bond donors (Lipinski definition) is 2. The van der Waals surface area contributed by atoms with Crippen LogP contribution < -0.4 is 15.8 Å². The van der Waals surface area contributed by atoms with Crippen LogP contribution in [0.2, 0.25) is 0 Å². The number of carbonyl (C=O) groups excluding carboxylic acids is 1. The number of carbonyl (C=O) groups is 1. The average Bonchev–Trinajstić information content (AvgIpc) is 2.36. The molecule has 0 heterocycles. The molecular weight excluding hydrogens is 304 g/mol. The third-order valence-electron chi connectivity index (χ3n) is 2.32. The van der Waals surface area contributed by atoms with Crippen LogP contribution in [0.3, 0.4) is 0 Å². The lowest BCUT2D eigenvalue weighted by Crippen LogP contribution is -2.29. The van der Waals surface area contributed by atoms with Crippen LogP contribution in [0, 0.1) is 0 Å². The van der Waals surface area contributed by atoms with E-state index in [0.29, 0.717) is 18.8 Å². The number of benzene rings is 1. The molecule has 3 N–H and O–H groups in total. The van der Waals surface area contributed by atoms with E-state index in [2.05, 4.69) is 5.32 Å². The third-order valence-corrected chi connectivity index (χ3v) is 3.44. The van der Waals surface area contributed by atoms with Gasteiger partial charge in [0.15, 0.2) is 9.84 Å². The van der Waals surface area contributed by atoms with E-state index in [4.69, 9.17) is 10.5 Å². The van der Waals surface area contributed by atoms with E-state index in [1.807, 2.05) is 0 Å². The fourth-order valence-electron chi connectivity index (χ4n) is 1.34. The van der Waals surface area contributed by atoms with Crippen LogP contribution >= 0.6 is 12.4 Å². The Bertz CT molecular complexity index is 517. The Morgan fingerprint density at radius 1 is 1.30 bits per heavy atom. The lowest BCUT2D eigenvalue weighted by atomic mass is 10.3. The van der Waals surface area contributed by atoms with Crippen molar-refractivity contribution < 1.29 is 17.9 Å². The quantitative estimate of drug-likeness (QED) is 0.755. The van der Waals surface area contributed by atoms with Gasteiger partial charge in [0.05, 0.1) is 17.9 Å². The molecule has 1 aromatic carbocycles. The van der Waals surface area contributed by atoms with Gasteiger partial charge in [-0.1, -0.05) is 0 Å². The van der Waals surface area contributed by atoms with Gasteiger partial charge in [-0.3, -0.25) is 4.79 Å². The van der Waals surface area contributed by atoms with E-state index in [1.165, 1.54) is 12.1 Å². The van der Waals surface area contributed by atoms with E-state index in [0.717, 1.165) is 6.26 Å². The number of nitrogens with one attached hydrogen (secondary N) is 1. The van der Waals surface area contributed by atoms with Crippen molar-refractivity contribution in [3.8, 4) is 5.75 Å². The van der Waals surface area contributed by atoms with Crippen molar-refractivity contribution in [1.82, 2.24) is 5.32 Å². The van der Waals surface area contributed by atoms with Gasteiger partial charge in [0.25, 0.3) is 0 Å². The molecule has 6 nitrogen and oxygen atoms in total. The second kappa shape index (κ2) is 8.78. The van der Waals surface area contributed by atoms with Gasteiger partial charge < -0.3 is 15.8 Å². The van der Waals surface area contributed by atoms with Crippen LogP contribution in [0.5, 0.6) is 5.75 Å². The molecule has 8 heteroatoms. The van der Waals surface area contributed by atoms with Crippen molar-refractivity contribution >= 4 is 28.2 Å². The van der Waals surface area contributed by atoms with Crippen molar-refractivity contribution in [2.45, 2.75) is 11.3 Å². The molecule has 0 aliphatic rings. The lowest BCUT2D eigenvalue weighted by molar-refractivity contribution is -0.121. The summed E-state index contributed by atoms with van der Waals surface area (Å²) in [5.74, 6) is 0.400. The van der Waals surface area contributed by atoms with Crippen molar-refractivity contribution in [2.24, 2.45) is 5.73 Å². The first kappa shape index (κ1) is 18.7. The zero-order chi connectivity index (χ0) is 14.3. The SMILES string of the molecule is CS(=O)(=O)c1ccc(OCCC(=O)NCCN)cc1.Cl. The zero-order valence-electron chi connectivity index (χ0n) is 11.2. The molecule has 1 amide bonds. The fourth-order valence-corrected chi connectivity index (χ4v) is 1.98. The van der Waals surface area contributed by atoms with Gasteiger partial charge in [-0.05, 0) is 24.3 Å². The number of ether oxygens (including phenoxy) is 1. The van der Waals surface area contributed by atoms with Crippen molar-refractivity contribution in [3.63, 3.8) is 0 Å². The topological polar surface area (TPSA) is 98.5 Å². The van der Waals surface area contributed by atoms with Crippen LogP contribution in [-0.2, 0) is 14.6 Å². The highest BCUT2D eigenvalue weighted by Gasteiger charge is 2.06. The van der Waals surface area contributed by atoms with Gasteiger partial charge >= 0.3 is 0 Å². The van der Waals surface area contributed by atoms with Crippen LogP contribution in [0.4, 0.5) is 0 Å². The molecule has 0 aliphatic heterocycles. The Labute approximate surface area is 125 Å². The highest BCUT2D eigenvalue weighted by atomic mass is 35.5. The Morgan fingerprint density at radius 3 is 2.40 bits per heavy atom. The first-order chi connectivity index (χ1) is 8.93. The molecular formula is C12H19ClN2O4S. The second-order valence-corrected chi connectivity index (χ2v) is 6.00. The second-order valence-electron chi connectivity index (χ2n) is 3.98. The summed E-state index contributed by atoms with van der Waals surface area (Å²) in [7, 11) is -3.20. The van der Waals surface area contributed by atoms with E-state index < -0.39 is 9.84 Å². The lowest BCUT2D eigenvalue weighted by Gasteiger charge is -2.07. The molecule has 0 aliphatic carbocycles. The molecule has 0 fully saturated rings. The minimum absolute atomic E-state index is 0. The summed E-state index contributed by atoms with van der Waals surface area (Å²) in [6.07, 6.45) is 1.37. The van der Waals surface area contributed by atoms with Crippen LogP contribution in [0.15, 0.2) is 29.2 Å². The predicted molar refractivity (Wildman–Crippen MR) is 79.0 cm³/mol. The number of sulfone groups is 1. The first-order valence-corrected chi connectivity index (χ1v) is 7.72. The van der Waals surface area contributed by atoms with Gasteiger partial charge in [-0.2, -0.15) is 0 Å². The number of rotatable bonds is 7. The number of amides is 1. The molecule has 20 heavy (non-hydrogen) atoms. The number of halogens is 1. The van der Waals surface area contributed by atoms with Crippen molar-refractivity contribution in [1.29, 1.82) is 0 Å². The van der Waals surface area contributed by atoms with Gasteiger partial charge in [-0.15, -0.1) is 12.4 Å². The Hall–Kier alpha value is -1.31. The van der Waals surface area contributed by atoms with E-state index in [-0.39, 0.29) is 36.2 Å². The smallest absolute Gasteiger partial charge is 0.223 e. The Kier molecular flexibility index (Phi) is 8.21. The summed E-state index contributed by atoms with van der Waals surface area (Å²) in [5.41, 5.74) is 5.25. The van der Waals surface area contributed by atoms with Gasteiger partial charge in [-0.25, -0.2) is 8.42 Å². The molecule has 0 unspecified atom stereocenters. The van der Waals surface area contributed by atoms with Crippen LogP contribution in [0.1, 0.15) is 6.42 Å². The monoisotopic (exact) mass is 322 g/mol. The van der Waals surface area contributed by atoms with Crippen molar-refractivity contribution in [2.75, 3.05) is 26.0 Å². The summed E-state index contributed by atoms with van der Waals surface area (Å²) in [6.45, 7) is 1.08. The summed E-state index contributed by atoms with van der Waals surface area (Å²) in [4.78, 5) is 11.5. The molecule has 0 atom stereocenters. The van der Waals surface area contributed by atoms with Crippen LogP contribution in [0.25, 0.3) is 0 Å². The van der Waals surface area contributed by atoms with E-state index >= 15 is 0 Å². The summed E-state index contributed by atoms with van der Waals surface area (Å²) in [5, 5.41) is 2.62. The maximum absolute atomic E-state index is 11.3. The molecule has 0 radical (unpaired) electrons. The van der Waals surface area contributed by atoms with Gasteiger partial charge in [0.1, 0.15) is 5.75 Å².